The Hall–Kier alpha value is -1.59. The number of carbonyl (C=O) groups is 1. The zero-order valence-corrected chi connectivity index (χ0v) is 14.4. The number of ether oxygens (including phenoxy) is 1. The van der Waals surface area contributed by atoms with Gasteiger partial charge in [0.25, 0.3) is 0 Å². The number of nitrogens with zero attached hydrogens (tertiary/aromatic N) is 1. The number of benzene rings is 1. The zero-order chi connectivity index (χ0) is 16.7. The van der Waals surface area contributed by atoms with Gasteiger partial charge in [0.2, 0.25) is 5.91 Å². The van der Waals surface area contributed by atoms with Crippen molar-refractivity contribution in [1.82, 2.24) is 10.2 Å². The highest BCUT2D eigenvalue weighted by molar-refractivity contribution is 5.80. The summed E-state index contributed by atoms with van der Waals surface area (Å²) in [5, 5.41) is 6.36. The van der Waals surface area contributed by atoms with E-state index in [1.807, 2.05) is 30.3 Å². The normalized spacial score (nSPS) is 21.2. The summed E-state index contributed by atoms with van der Waals surface area (Å²) in [6, 6.07) is 9.86. The highest BCUT2D eigenvalue weighted by atomic mass is 16.5. The molecule has 0 bridgehead atoms. The third-order valence-electron chi connectivity index (χ3n) is 5.31. The summed E-state index contributed by atoms with van der Waals surface area (Å²) in [5.74, 6) is 0.0667. The van der Waals surface area contributed by atoms with Crippen LogP contribution in [0.5, 0.6) is 0 Å². The minimum absolute atomic E-state index is 0.0667. The van der Waals surface area contributed by atoms with E-state index >= 15 is 0 Å². The Balaban J connectivity index is 1.52. The zero-order valence-electron chi connectivity index (χ0n) is 14.4. The lowest BCUT2D eigenvalue weighted by molar-refractivity contribution is -0.120. The van der Waals surface area contributed by atoms with Gasteiger partial charge in [0.15, 0.2) is 0 Å². The predicted octanol–water partition coefficient (Wildman–Crippen LogP) is 2.25. The maximum Gasteiger partial charge on any atom is 0.239 e. The molecule has 1 aliphatic heterocycles. The highest BCUT2D eigenvalue weighted by Gasteiger charge is 2.38. The lowest BCUT2D eigenvalue weighted by atomic mass is 9.79. The van der Waals surface area contributed by atoms with E-state index in [0.29, 0.717) is 6.54 Å². The van der Waals surface area contributed by atoms with Gasteiger partial charge in [-0.2, -0.15) is 0 Å². The van der Waals surface area contributed by atoms with Gasteiger partial charge < -0.3 is 15.4 Å². The van der Waals surface area contributed by atoms with Gasteiger partial charge >= 0.3 is 0 Å². The standard InChI is InChI=1S/C19H29N3O2/c23-18(15-20-17-7-3-1-4-8-17)21-16-19(9-5-2-6-10-19)22-11-13-24-14-12-22/h1,3-4,7-8,20H,2,5-6,9-16H2,(H,21,23). The first kappa shape index (κ1) is 17.2. The fourth-order valence-corrected chi connectivity index (χ4v) is 3.92. The van der Waals surface area contributed by atoms with Crippen LogP contribution in [-0.4, -0.2) is 55.7 Å². The first-order valence-corrected chi connectivity index (χ1v) is 9.17. The summed E-state index contributed by atoms with van der Waals surface area (Å²) in [7, 11) is 0. The Morgan fingerprint density at radius 2 is 1.79 bits per heavy atom. The van der Waals surface area contributed by atoms with Crippen molar-refractivity contribution < 1.29 is 9.53 Å². The molecule has 2 aliphatic rings. The molecule has 0 radical (unpaired) electrons. The second-order valence-electron chi connectivity index (χ2n) is 6.88. The molecule has 1 saturated heterocycles. The first-order valence-electron chi connectivity index (χ1n) is 9.17. The van der Waals surface area contributed by atoms with E-state index in [1.54, 1.807) is 0 Å². The number of rotatable bonds is 6. The molecule has 3 rings (SSSR count). The van der Waals surface area contributed by atoms with Gasteiger partial charge in [0.1, 0.15) is 0 Å². The smallest absolute Gasteiger partial charge is 0.239 e. The van der Waals surface area contributed by atoms with E-state index in [4.69, 9.17) is 4.74 Å². The van der Waals surface area contributed by atoms with Gasteiger partial charge in [0.05, 0.1) is 19.8 Å². The molecule has 132 valence electrons. The van der Waals surface area contributed by atoms with Crippen LogP contribution in [0.3, 0.4) is 0 Å². The Morgan fingerprint density at radius 1 is 1.08 bits per heavy atom. The Labute approximate surface area is 144 Å². The SMILES string of the molecule is O=C(CNc1ccccc1)NCC1(N2CCOCC2)CCCCC1. The van der Waals surface area contributed by atoms with Crippen LogP contribution in [0.2, 0.25) is 0 Å². The van der Waals surface area contributed by atoms with E-state index < -0.39 is 0 Å². The van der Waals surface area contributed by atoms with Crippen molar-refractivity contribution in [3.05, 3.63) is 30.3 Å². The lowest BCUT2D eigenvalue weighted by Gasteiger charge is -2.48. The van der Waals surface area contributed by atoms with Crippen LogP contribution in [0.15, 0.2) is 30.3 Å². The van der Waals surface area contributed by atoms with E-state index in [9.17, 15) is 4.79 Å². The van der Waals surface area contributed by atoms with Crippen LogP contribution in [0, 0.1) is 0 Å². The summed E-state index contributed by atoms with van der Waals surface area (Å²) in [4.78, 5) is 14.8. The first-order chi connectivity index (χ1) is 11.8. The second kappa shape index (κ2) is 8.49. The second-order valence-corrected chi connectivity index (χ2v) is 6.88. The molecule has 1 aliphatic carbocycles. The molecule has 0 spiro atoms. The summed E-state index contributed by atoms with van der Waals surface area (Å²) < 4.78 is 5.51. The van der Waals surface area contributed by atoms with Crippen molar-refractivity contribution in [2.24, 2.45) is 0 Å². The molecule has 1 heterocycles. The fourth-order valence-electron chi connectivity index (χ4n) is 3.92. The molecule has 0 unspecified atom stereocenters. The van der Waals surface area contributed by atoms with Crippen molar-refractivity contribution in [1.29, 1.82) is 0 Å². The summed E-state index contributed by atoms with van der Waals surface area (Å²) >= 11 is 0. The Kier molecular flexibility index (Phi) is 6.10. The predicted molar refractivity (Wildman–Crippen MR) is 96.1 cm³/mol. The number of amides is 1. The van der Waals surface area contributed by atoms with Crippen LogP contribution in [0.4, 0.5) is 5.69 Å². The van der Waals surface area contributed by atoms with Crippen molar-refractivity contribution in [3.63, 3.8) is 0 Å². The molecule has 24 heavy (non-hydrogen) atoms. The highest BCUT2D eigenvalue weighted by Crippen LogP contribution is 2.33. The van der Waals surface area contributed by atoms with E-state index in [-0.39, 0.29) is 11.4 Å². The Morgan fingerprint density at radius 3 is 2.50 bits per heavy atom. The van der Waals surface area contributed by atoms with Crippen LogP contribution >= 0.6 is 0 Å². The number of morpholine rings is 1. The number of para-hydroxylation sites is 1. The summed E-state index contributed by atoms with van der Waals surface area (Å²) in [6.07, 6.45) is 6.19. The maximum atomic E-state index is 12.3. The van der Waals surface area contributed by atoms with Gasteiger partial charge in [-0.1, -0.05) is 37.5 Å². The van der Waals surface area contributed by atoms with Crippen molar-refractivity contribution in [2.45, 2.75) is 37.6 Å². The molecule has 5 heteroatoms. The molecule has 2 N–H and O–H groups in total. The van der Waals surface area contributed by atoms with Crippen molar-refractivity contribution in [3.8, 4) is 0 Å². The molecule has 1 saturated carbocycles. The molecule has 2 fully saturated rings. The molecule has 1 aromatic carbocycles. The van der Waals surface area contributed by atoms with Crippen LogP contribution in [-0.2, 0) is 9.53 Å². The molecule has 5 nitrogen and oxygen atoms in total. The van der Waals surface area contributed by atoms with Gasteiger partial charge in [-0.05, 0) is 25.0 Å². The van der Waals surface area contributed by atoms with Crippen LogP contribution in [0.25, 0.3) is 0 Å². The van der Waals surface area contributed by atoms with Crippen LogP contribution < -0.4 is 10.6 Å². The molecule has 1 aromatic rings. The largest absolute Gasteiger partial charge is 0.379 e. The maximum absolute atomic E-state index is 12.3. The number of hydrogen-bond acceptors (Lipinski definition) is 4. The van der Waals surface area contributed by atoms with E-state index in [0.717, 1.165) is 38.5 Å². The van der Waals surface area contributed by atoms with Gasteiger partial charge in [-0.15, -0.1) is 0 Å². The minimum Gasteiger partial charge on any atom is -0.379 e. The molecule has 1 amide bonds. The molecule has 0 atom stereocenters. The Bertz CT molecular complexity index is 509. The number of hydrogen-bond donors (Lipinski definition) is 2. The van der Waals surface area contributed by atoms with Gasteiger partial charge in [-0.3, -0.25) is 9.69 Å². The third-order valence-corrected chi connectivity index (χ3v) is 5.31. The topological polar surface area (TPSA) is 53.6 Å². The fraction of sp³-hybridized carbons (Fsp3) is 0.632. The quantitative estimate of drug-likeness (QED) is 0.839. The molecular weight excluding hydrogens is 302 g/mol. The minimum atomic E-state index is 0.0667. The van der Waals surface area contributed by atoms with E-state index in [2.05, 4.69) is 15.5 Å². The molecular formula is C19H29N3O2. The molecule has 0 aromatic heterocycles. The number of nitrogens with one attached hydrogen (secondary N) is 2. The van der Waals surface area contributed by atoms with Crippen molar-refractivity contribution >= 4 is 11.6 Å². The third kappa shape index (κ3) is 4.48. The van der Waals surface area contributed by atoms with Gasteiger partial charge in [0, 0.05) is 30.9 Å². The lowest BCUT2D eigenvalue weighted by Crippen LogP contribution is -2.60. The average Bonchev–Trinajstić information content (AvgIpc) is 2.67. The summed E-state index contributed by atoms with van der Waals surface area (Å²) in [5.41, 5.74) is 1.11. The average molecular weight is 331 g/mol. The summed E-state index contributed by atoms with van der Waals surface area (Å²) in [6.45, 7) is 4.66. The number of carbonyl (C=O) groups excluding carboxylic acids is 1. The van der Waals surface area contributed by atoms with Crippen molar-refractivity contribution in [2.75, 3.05) is 44.7 Å². The van der Waals surface area contributed by atoms with Crippen LogP contribution in [0.1, 0.15) is 32.1 Å². The van der Waals surface area contributed by atoms with Gasteiger partial charge in [-0.25, -0.2) is 0 Å². The van der Waals surface area contributed by atoms with E-state index in [1.165, 1.54) is 32.1 Å². The number of anilines is 1. The monoisotopic (exact) mass is 331 g/mol.